The molecule has 0 N–H and O–H groups in total. The second-order valence-corrected chi connectivity index (χ2v) is 4.75. The molecule has 0 aliphatic carbocycles. The minimum absolute atomic E-state index is 0.00576. The van der Waals surface area contributed by atoms with E-state index in [9.17, 15) is 9.59 Å². The van der Waals surface area contributed by atoms with Gasteiger partial charge in [-0.05, 0) is 38.1 Å². The van der Waals surface area contributed by atoms with E-state index in [0.29, 0.717) is 11.3 Å². The van der Waals surface area contributed by atoms with Gasteiger partial charge in [0.05, 0.1) is 12.4 Å². The first-order chi connectivity index (χ1) is 8.40. The lowest BCUT2D eigenvalue weighted by atomic mass is 10.1. The molecule has 0 radical (unpaired) electrons. The molecule has 4 nitrogen and oxygen atoms in total. The number of benzene rings is 1. The summed E-state index contributed by atoms with van der Waals surface area (Å²) in [5.74, 6) is 0.0495. The highest BCUT2D eigenvalue weighted by Crippen LogP contribution is 2.20. The maximum Gasteiger partial charge on any atom is 0.349 e. The van der Waals surface area contributed by atoms with Gasteiger partial charge in [0.2, 0.25) is 0 Å². The number of esters is 1. The Morgan fingerprint density at radius 3 is 2.22 bits per heavy atom. The van der Waals surface area contributed by atoms with Crippen LogP contribution in [-0.4, -0.2) is 29.8 Å². The Bertz CT molecular complexity index is 437. The Morgan fingerprint density at radius 2 is 1.78 bits per heavy atom. The summed E-state index contributed by atoms with van der Waals surface area (Å²) < 4.78 is 10.2. The van der Waals surface area contributed by atoms with Crippen molar-refractivity contribution in [3.05, 3.63) is 29.8 Å². The van der Waals surface area contributed by atoms with Gasteiger partial charge in [0.1, 0.15) is 5.75 Å². The molecule has 0 fully saturated rings. The molecule has 0 aliphatic rings. The van der Waals surface area contributed by atoms with E-state index in [0.717, 1.165) is 0 Å². The number of carbonyl (C=O) groups excluding carboxylic acids is 2. The summed E-state index contributed by atoms with van der Waals surface area (Å²) >= 11 is 3.11. The van der Waals surface area contributed by atoms with Crippen LogP contribution >= 0.6 is 15.9 Å². The van der Waals surface area contributed by atoms with Crippen LogP contribution < -0.4 is 4.74 Å². The average Bonchev–Trinajstić information content (AvgIpc) is 2.37. The van der Waals surface area contributed by atoms with Crippen LogP contribution in [-0.2, 0) is 9.53 Å². The van der Waals surface area contributed by atoms with Crippen molar-refractivity contribution >= 4 is 27.7 Å². The van der Waals surface area contributed by atoms with E-state index in [1.165, 1.54) is 7.11 Å². The maximum atomic E-state index is 11.5. The number of methoxy groups -OCH3 is 1. The molecular formula is C13H15BrO4. The third kappa shape index (κ3) is 3.57. The minimum Gasteiger partial charge on any atom is -0.476 e. The number of ether oxygens (including phenoxy) is 2. The van der Waals surface area contributed by atoms with Gasteiger partial charge in [-0.25, -0.2) is 4.79 Å². The van der Waals surface area contributed by atoms with Gasteiger partial charge in [-0.2, -0.15) is 0 Å². The van der Waals surface area contributed by atoms with Gasteiger partial charge in [-0.15, -0.1) is 0 Å². The number of carbonyl (C=O) groups is 2. The summed E-state index contributed by atoms with van der Waals surface area (Å²) in [7, 11) is 1.31. The monoisotopic (exact) mass is 314 g/mol. The second-order valence-electron chi connectivity index (χ2n) is 4.19. The highest BCUT2D eigenvalue weighted by Gasteiger charge is 2.30. The fraction of sp³-hybridized carbons (Fsp3) is 0.385. The lowest BCUT2D eigenvalue weighted by molar-refractivity contribution is -0.156. The SMILES string of the molecule is COC(=O)C(C)(C)Oc1ccc(C(=O)CBr)cc1. The van der Waals surface area contributed by atoms with E-state index >= 15 is 0 Å². The Balaban J connectivity index is 2.81. The molecular weight excluding hydrogens is 300 g/mol. The molecule has 0 atom stereocenters. The van der Waals surface area contributed by atoms with Crippen LogP contribution in [0.25, 0.3) is 0 Å². The molecule has 0 spiro atoms. The summed E-state index contributed by atoms with van der Waals surface area (Å²) in [6, 6.07) is 6.62. The summed E-state index contributed by atoms with van der Waals surface area (Å²) in [6.07, 6.45) is 0. The van der Waals surface area contributed by atoms with E-state index in [2.05, 4.69) is 20.7 Å². The zero-order valence-electron chi connectivity index (χ0n) is 10.5. The van der Waals surface area contributed by atoms with Crippen LogP contribution in [0.15, 0.2) is 24.3 Å². The average molecular weight is 315 g/mol. The fourth-order valence-corrected chi connectivity index (χ4v) is 1.69. The molecule has 5 heteroatoms. The van der Waals surface area contributed by atoms with Gasteiger partial charge in [0.15, 0.2) is 11.4 Å². The van der Waals surface area contributed by atoms with Crippen LogP contribution in [0.2, 0.25) is 0 Å². The zero-order chi connectivity index (χ0) is 13.8. The first-order valence-electron chi connectivity index (χ1n) is 5.37. The Hall–Kier alpha value is -1.36. The maximum absolute atomic E-state index is 11.5. The molecule has 1 rings (SSSR count). The zero-order valence-corrected chi connectivity index (χ0v) is 12.1. The van der Waals surface area contributed by atoms with Crippen molar-refractivity contribution in [1.82, 2.24) is 0 Å². The normalized spacial score (nSPS) is 10.9. The topological polar surface area (TPSA) is 52.6 Å². The quantitative estimate of drug-likeness (QED) is 0.476. The standard InChI is InChI=1S/C13H15BrO4/c1-13(2,12(16)17-3)18-10-6-4-9(5-7-10)11(15)8-14/h4-7H,8H2,1-3H3. The van der Waals surface area contributed by atoms with E-state index in [1.807, 2.05) is 0 Å². The first kappa shape index (κ1) is 14.7. The summed E-state index contributed by atoms with van der Waals surface area (Å²) in [6.45, 7) is 3.24. The van der Waals surface area contributed by atoms with Crippen molar-refractivity contribution < 1.29 is 19.1 Å². The third-order valence-corrected chi connectivity index (χ3v) is 2.86. The number of rotatable bonds is 5. The number of hydrogen-bond donors (Lipinski definition) is 0. The van der Waals surface area contributed by atoms with Gasteiger partial charge in [-0.1, -0.05) is 15.9 Å². The largest absolute Gasteiger partial charge is 0.476 e. The Kier molecular flexibility index (Phi) is 4.90. The van der Waals surface area contributed by atoms with Crippen molar-refractivity contribution in [3.63, 3.8) is 0 Å². The van der Waals surface area contributed by atoms with Crippen molar-refractivity contribution in [2.24, 2.45) is 0 Å². The van der Waals surface area contributed by atoms with Crippen molar-refractivity contribution in [2.45, 2.75) is 19.4 Å². The van der Waals surface area contributed by atoms with Gasteiger partial charge in [0, 0.05) is 5.56 Å². The van der Waals surface area contributed by atoms with Gasteiger partial charge in [0.25, 0.3) is 0 Å². The van der Waals surface area contributed by atoms with E-state index in [4.69, 9.17) is 4.74 Å². The first-order valence-corrected chi connectivity index (χ1v) is 6.49. The molecule has 1 aromatic carbocycles. The third-order valence-electron chi connectivity index (χ3n) is 2.35. The van der Waals surface area contributed by atoms with Crippen molar-refractivity contribution in [3.8, 4) is 5.75 Å². The number of alkyl halides is 1. The molecule has 18 heavy (non-hydrogen) atoms. The van der Waals surface area contributed by atoms with Crippen LogP contribution in [0.3, 0.4) is 0 Å². The molecule has 0 bridgehead atoms. The lowest BCUT2D eigenvalue weighted by Crippen LogP contribution is -2.39. The predicted molar refractivity (Wildman–Crippen MR) is 71.3 cm³/mol. The minimum atomic E-state index is -1.06. The highest BCUT2D eigenvalue weighted by atomic mass is 79.9. The van der Waals surface area contributed by atoms with Crippen LogP contribution in [0.1, 0.15) is 24.2 Å². The summed E-state index contributed by atoms with van der Waals surface area (Å²) in [5.41, 5.74) is -0.467. The number of hydrogen-bond acceptors (Lipinski definition) is 4. The van der Waals surface area contributed by atoms with Gasteiger partial charge < -0.3 is 9.47 Å². The second kappa shape index (κ2) is 6.00. The number of halogens is 1. The van der Waals surface area contributed by atoms with E-state index in [-0.39, 0.29) is 11.1 Å². The molecule has 0 unspecified atom stereocenters. The van der Waals surface area contributed by atoms with E-state index < -0.39 is 11.6 Å². The molecule has 0 heterocycles. The van der Waals surface area contributed by atoms with Crippen LogP contribution in [0.4, 0.5) is 0 Å². The lowest BCUT2D eigenvalue weighted by Gasteiger charge is -2.23. The highest BCUT2D eigenvalue weighted by molar-refractivity contribution is 9.09. The van der Waals surface area contributed by atoms with Crippen molar-refractivity contribution in [2.75, 3.05) is 12.4 Å². The van der Waals surface area contributed by atoms with Crippen LogP contribution in [0.5, 0.6) is 5.75 Å². The summed E-state index contributed by atoms with van der Waals surface area (Å²) in [4.78, 5) is 22.9. The van der Waals surface area contributed by atoms with Gasteiger partial charge >= 0.3 is 5.97 Å². The summed E-state index contributed by atoms with van der Waals surface area (Å²) in [5, 5.41) is 0.279. The predicted octanol–water partition coefficient (Wildman–Crippen LogP) is 2.59. The molecule has 0 amide bonds. The smallest absolute Gasteiger partial charge is 0.349 e. The Morgan fingerprint density at radius 1 is 1.22 bits per heavy atom. The van der Waals surface area contributed by atoms with Crippen LogP contribution in [0, 0.1) is 0 Å². The Labute approximate surface area is 114 Å². The van der Waals surface area contributed by atoms with Gasteiger partial charge in [-0.3, -0.25) is 4.79 Å². The molecule has 0 saturated heterocycles. The molecule has 0 saturated carbocycles. The number of Topliss-reactive ketones (excluding diaryl/α,β-unsaturated/α-hetero) is 1. The molecule has 0 aliphatic heterocycles. The molecule has 1 aromatic rings. The molecule has 0 aromatic heterocycles. The van der Waals surface area contributed by atoms with Crippen molar-refractivity contribution in [1.29, 1.82) is 0 Å². The van der Waals surface area contributed by atoms with E-state index in [1.54, 1.807) is 38.1 Å². The fourth-order valence-electron chi connectivity index (χ4n) is 1.37. The molecule has 98 valence electrons. The number of ketones is 1.